The van der Waals surface area contributed by atoms with Crippen molar-refractivity contribution >= 4 is 40.4 Å². The topological polar surface area (TPSA) is 67.3 Å². The van der Waals surface area contributed by atoms with E-state index in [2.05, 4.69) is 4.98 Å². The summed E-state index contributed by atoms with van der Waals surface area (Å²) in [5.41, 5.74) is 1.88. The predicted molar refractivity (Wildman–Crippen MR) is 139 cm³/mol. The first kappa shape index (κ1) is 21.1. The van der Waals surface area contributed by atoms with Gasteiger partial charge >= 0.3 is 0 Å². The number of carbonyl (C=O) groups excluding carboxylic acids is 3. The number of para-hydroxylation sites is 1. The van der Waals surface area contributed by atoms with Crippen LogP contribution in [0.4, 0.5) is 5.69 Å². The van der Waals surface area contributed by atoms with Crippen LogP contribution < -0.4 is 4.90 Å². The molecule has 0 N–H and O–H groups in total. The summed E-state index contributed by atoms with van der Waals surface area (Å²) in [6.07, 6.45) is 7.27. The highest BCUT2D eigenvalue weighted by Crippen LogP contribution is 2.60. The lowest BCUT2D eigenvalue weighted by Crippen LogP contribution is -2.48. The lowest BCUT2D eigenvalue weighted by Gasteiger charge is -2.37. The molecule has 1 saturated heterocycles. The van der Waals surface area contributed by atoms with Gasteiger partial charge in [0.05, 0.1) is 10.9 Å². The number of carbonyl (C=O) groups is 3. The molecule has 4 aromatic rings. The lowest BCUT2D eigenvalue weighted by molar-refractivity contribution is 0.0666. The van der Waals surface area contributed by atoms with Crippen LogP contribution in [0.1, 0.15) is 47.4 Å². The van der Waals surface area contributed by atoms with Gasteiger partial charge < -0.3 is 4.90 Å². The lowest BCUT2D eigenvalue weighted by atomic mass is 9.64. The number of hydrogen-bond donors (Lipinski definition) is 0. The summed E-state index contributed by atoms with van der Waals surface area (Å²) in [7, 11) is 0. The maximum atomic E-state index is 14.4. The summed E-state index contributed by atoms with van der Waals surface area (Å²) < 4.78 is 0. The van der Waals surface area contributed by atoms with Crippen LogP contribution in [0.5, 0.6) is 0 Å². The molecule has 1 fully saturated rings. The molecule has 174 valence electrons. The first-order chi connectivity index (χ1) is 17.6. The Morgan fingerprint density at radius 1 is 0.889 bits per heavy atom. The average molecular weight is 489 g/mol. The summed E-state index contributed by atoms with van der Waals surface area (Å²) in [5, 5.41) is 1.88. The third-order valence-electron chi connectivity index (χ3n) is 7.79. The third-order valence-corrected chi connectivity index (χ3v) is 8.67. The van der Waals surface area contributed by atoms with E-state index < -0.39 is 23.4 Å². The van der Waals surface area contributed by atoms with Crippen molar-refractivity contribution < 1.29 is 14.4 Å². The number of rotatable bonds is 3. The number of ketones is 3. The average Bonchev–Trinajstić information content (AvgIpc) is 3.63. The van der Waals surface area contributed by atoms with Crippen molar-refractivity contribution in [3.63, 3.8) is 0 Å². The van der Waals surface area contributed by atoms with Crippen LogP contribution in [-0.4, -0.2) is 34.4 Å². The van der Waals surface area contributed by atoms with Gasteiger partial charge in [-0.1, -0.05) is 66.7 Å². The molecule has 3 atom stereocenters. The fourth-order valence-corrected chi connectivity index (χ4v) is 7.11. The Hall–Kier alpha value is -4.16. The largest absolute Gasteiger partial charge is 0.352 e. The molecular formula is C30H20N2O3S. The molecule has 0 radical (unpaired) electrons. The molecule has 3 aliphatic rings. The summed E-state index contributed by atoms with van der Waals surface area (Å²) >= 11 is 1.38. The summed E-state index contributed by atoms with van der Waals surface area (Å²) in [5.74, 6) is -1.26. The van der Waals surface area contributed by atoms with E-state index in [-0.39, 0.29) is 17.3 Å². The van der Waals surface area contributed by atoms with Gasteiger partial charge in [0.25, 0.3) is 0 Å². The number of benzene rings is 2. The fourth-order valence-electron chi connectivity index (χ4n) is 6.41. The number of anilines is 1. The highest BCUT2D eigenvalue weighted by molar-refractivity contribution is 7.12. The van der Waals surface area contributed by atoms with E-state index in [9.17, 15) is 14.4 Å². The molecule has 6 heteroatoms. The predicted octanol–water partition coefficient (Wildman–Crippen LogP) is 5.46. The summed E-state index contributed by atoms with van der Waals surface area (Å²) in [6, 6.07) is 20.8. The van der Waals surface area contributed by atoms with Crippen LogP contribution in [0.25, 0.3) is 6.08 Å². The van der Waals surface area contributed by atoms with Crippen LogP contribution in [0.15, 0.2) is 96.6 Å². The minimum absolute atomic E-state index is 0.0950. The monoisotopic (exact) mass is 488 g/mol. The Morgan fingerprint density at radius 3 is 2.33 bits per heavy atom. The van der Waals surface area contributed by atoms with Crippen molar-refractivity contribution in [2.24, 2.45) is 5.41 Å². The number of fused-ring (bicyclic) bond motifs is 5. The van der Waals surface area contributed by atoms with E-state index in [0.29, 0.717) is 21.6 Å². The van der Waals surface area contributed by atoms with Crippen molar-refractivity contribution in [1.82, 2.24) is 4.98 Å². The molecule has 5 nitrogen and oxygen atoms in total. The zero-order valence-electron chi connectivity index (χ0n) is 19.1. The molecule has 1 aliphatic carbocycles. The van der Waals surface area contributed by atoms with Gasteiger partial charge in [-0.25, -0.2) is 0 Å². The molecule has 0 bridgehead atoms. The molecule has 4 heterocycles. The molecule has 1 spiro atoms. The Morgan fingerprint density at radius 2 is 1.64 bits per heavy atom. The van der Waals surface area contributed by atoms with Crippen molar-refractivity contribution in [3.8, 4) is 0 Å². The molecule has 36 heavy (non-hydrogen) atoms. The highest BCUT2D eigenvalue weighted by atomic mass is 32.1. The second-order valence-corrected chi connectivity index (χ2v) is 10.3. The molecule has 2 aromatic carbocycles. The minimum Gasteiger partial charge on any atom is -0.352 e. The van der Waals surface area contributed by atoms with Crippen LogP contribution in [-0.2, 0) is 0 Å². The van der Waals surface area contributed by atoms with Gasteiger partial charge in [0, 0.05) is 35.1 Å². The minimum atomic E-state index is -1.48. The van der Waals surface area contributed by atoms with Gasteiger partial charge in [-0.3, -0.25) is 19.4 Å². The van der Waals surface area contributed by atoms with E-state index in [0.717, 1.165) is 11.3 Å². The van der Waals surface area contributed by atoms with Gasteiger partial charge in [-0.05, 0) is 34.7 Å². The number of hydrogen-bond acceptors (Lipinski definition) is 6. The van der Waals surface area contributed by atoms with Gasteiger partial charge in [0.1, 0.15) is 11.5 Å². The van der Waals surface area contributed by atoms with E-state index in [1.807, 2.05) is 64.9 Å². The van der Waals surface area contributed by atoms with Gasteiger partial charge in [0.2, 0.25) is 0 Å². The normalized spacial score (nSPS) is 23.0. The van der Waals surface area contributed by atoms with E-state index in [4.69, 9.17) is 0 Å². The van der Waals surface area contributed by atoms with Gasteiger partial charge in [-0.15, -0.1) is 11.3 Å². The third kappa shape index (κ3) is 2.59. The Bertz CT molecular complexity index is 1540. The van der Waals surface area contributed by atoms with Crippen LogP contribution in [0.2, 0.25) is 0 Å². The molecule has 0 unspecified atom stereocenters. The molecule has 7 rings (SSSR count). The second kappa shape index (κ2) is 7.67. The highest BCUT2D eigenvalue weighted by Gasteiger charge is 2.71. The smallest absolute Gasteiger partial charge is 0.195 e. The zero-order valence-corrected chi connectivity index (χ0v) is 19.9. The van der Waals surface area contributed by atoms with Crippen LogP contribution in [0.3, 0.4) is 0 Å². The Kier molecular flexibility index (Phi) is 4.51. The SMILES string of the molecule is O=C(c1cccs1)[C@@H]1[C@H](c2cccnc2)C2(C(=O)c3ccccc3C2=O)[C@H]2C=Cc3ccccc3N12. The summed E-state index contributed by atoms with van der Waals surface area (Å²) in [4.78, 5) is 50.1. The van der Waals surface area contributed by atoms with Crippen molar-refractivity contribution in [3.05, 3.63) is 124 Å². The number of aromatic nitrogens is 1. The van der Waals surface area contributed by atoms with E-state index in [1.54, 1.807) is 42.7 Å². The van der Waals surface area contributed by atoms with Crippen molar-refractivity contribution in [1.29, 1.82) is 0 Å². The number of nitrogens with zero attached hydrogens (tertiary/aromatic N) is 2. The quantitative estimate of drug-likeness (QED) is 0.283. The zero-order chi connectivity index (χ0) is 24.4. The molecular weight excluding hydrogens is 468 g/mol. The first-order valence-electron chi connectivity index (χ1n) is 11.9. The number of Topliss-reactive ketones (excluding diaryl/α,β-unsaturated/α-hetero) is 3. The van der Waals surface area contributed by atoms with E-state index >= 15 is 0 Å². The van der Waals surface area contributed by atoms with Gasteiger partial charge in [-0.2, -0.15) is 0 Å². The Labute approximate surface area is 211 Å². The van der Waals surface area contributed by atoms with Crippen molar-refractivity contribution in [2.75, 3.05) is 4.90 Å². The van der Waals surface area contributed by atoms with Crippen LogP contribution >= 0.6 is 11.3 Å². The molecule has 0 saturated carbocycles. The first-order valence-corrected chi connectivity index (χ1v) is 12.7. The number of thiophene rings is 1. The second-order valence-electron chi connectivity index (χ2n) is 9.39. The maximum Gasteiger partial charge on any atom is 0.195 e. The van der Waals surface area contributed by atoms with Gasteiger partial charge in [0.15, 0.2) is 17.3 Å². The van der Waals surface area contributed by atoms with Crippen molar-refractivity contribution in [2.45, 2.75) is 18.0 Å². The maximum absolute atomic E-state index is 14.4. The Balaban J connectivity index is 1.56. The number of pyridine rings is 1. The fraction of sp³-hybridized carbons (Fsp3) is 0.133. The summed E-state index contributed by atoms with van der Waals surface area (Å²) in [6.45, 7) is 0. The van der Waals surface area contributed by atoms with Crippen LogP contribution in [0, 0.1) is 5.41 Å². The molecule has 2 aromatic heterocycles. The molecule has 2 aliphatic heterocycles. The standard InChI is InChI=1S/C30H20N2O3S/c33-27(23-12-6-16-36-23)26-25(19-8-5-15-31-17-19)30(28(34)20-9-2-3-10-21(20)29(30)35)24-14-13-18-7-1-4-11-22(18)32(24)26/h1-17,24-26H/t24-,25+,26+/m1/s1. The van der Waals surface area contributed by atoms with E-state index in [1.165, 1.54) is 11.3 Å². The molecule has 0 amide bonds.